The van der Waals surface area contributed by atoms with E-state index in [1.807, 2.05) is 6.92 Å². The van der Waals surface area contributed by atoms with E-state index >= 15 is 0 Å². The van der Waals surface area contributed by atoms with Gasteiger partial charge in [0.25, 0.3) is 0 Å². The summed E-state index contributed by atoms with van der Waals surface area (Å²) in [5.74, 6) is 0.653. The van der Waals surface area contributed by atoms with Crippen molar-refractivity contribution in [1.82, 2.24) is 15.5 Å². The van der Waals surface area contributed by atoms with Crippen LogP contribution in [-0.4, -0.2) is 65.4 Å². The molecule has 0 spiro atoms. The van der Waals surface area contributed by atoms with Crippen LogP contribution in [-0.2, 0) is 4.79 Å². The molecule has 1 heterocycles. The van der Waals surface area contributed by atoms with Crippen molar-refractivity contribution < 1.29 is 19.8 Å². The number of carboxylic acid groups (broad SMARTS) is 1. The Morgan fingerprint density at radius 2 is 1.65 bits per heavy atom. The first-order valence-corrected chi connectivity index (χ1v) is 10.2. The number of carbonyl (C=O) groups excluding carboxylic acids is 1. The minimum Gasteiger partial charge on any atom is -0.465 e. The predicted molar refractivity (Wildman–Crippen MR) is 100.0 cm³/mol. The van der Waals surface area contributed by atoms with Crippen LogP contribution in [0.25, 0.3) is 0 Å². The number of rotatable bonds is 8. The summed E-state index contributed by atoms with van der Waals surface area (Å²) < 4.78 is 0. The third kappa shape index (κ3) is 6.43. The standard InChI is InChI=1S/C19H35N3O4/c1-2-16(20-12-15-8-10-22(11-9-15)19(25)26)17(23)18(24)21-13-14-6-4-3-5-7-14/h14-17,20,23H,2-13H2,1H3,(H,21,24)(H,25,26). The lowest BCUT2D eigenvalue weighted by Crippen LogP contribution is -2.51. The Labute approximate surface area is 156 Å². The Kier molecular flexibility index (Phi) is 8.65. The van der Waals surface area contributed by atoms with Gasteiger partial charge in [-0.05, 0) is 50.5 Å². The molecule has 1 aliphatic heterocycles. The summed E-state index contributed by atoms with van der Waals surface area (Å²) >= 11 is 0. The smallest absolute Gasteiger partial charge is 0.407 e. The van der Waals surface area contributed by atoms with E-state index in [0.717, 1.165) is 12.8 Å². The maximum atomic E-state index is 12.3. The van der Waals surface area contributed by atoms with E-state index in [1.165, 1.54) is 37.0 Å². The van der Waals surface area contributed by atoms with Crippen molar-refractivity contribution in [3.63, 3.8) is 0 Å². The van der Waals surface area contributed by atoms with Crippen LogP contribution in [0.3, 0.4) is 0 Å². The Hall–Kier alpha value is -1.34. The van der Waals surface area contributed by atoms with Crippen LogP contribution in [0.15, 0.2) is 0 Å². The second kappa shape index (κ2) is 10.7. The van der Waals surface area contributed by atoms with Gasteiger partial charge in [-0.25, -0.2) is 4.79 Å². The van der Waals surface area contributed by atoms with E-state index in [0.29, 0.717) is 44.4 Å². The molecule has 26 heavy (non-hydrogen) atoms. The first kappa shape index (κ1) is 21.0. The van der Waals surface area contributed by atoms with E-state index in [2.05, 4.69) is 10.6 Å². The van der Waals surface area contributed by atoms with Gasteiger partial charge < -0.3 is 25.7 Å². The van der Waals surface area contributed by atoms with Gasteiger partial charge in [0.15, 0.2) is 0 Å². The van der Waals surface area contributed by atoms with Crippen molar-refractivity contribution in [2.24, 2.45) is 11.8 Å². The highest BCUT2D eigenvalue weighted by molar-refractivity contribution is 5.81. The highest BCUT2D eigenvalue weighted by Crippen LogP contribution is 2.22. The monoisotopic (exact) mass is 369 g/mol. The molecule has 2 fully saturated rings. The lowest BCUT2D eigenvalue weighted by atomic mass is 9.89. The molecule has 7 nitrogen and oxygen atoms in total. The number of nitrogens with zero attached hydrogens (tertiary/aromatic N) is 1. The summed E-state index contributed by atoms with van der Waals surface area (Å²) in [7, 11) is 0. The number of likely N-dealkylation sites (tertiary alicyclic amines) is 1. The van der Waals surface area contributed by atoms with Gasteiger partial charge in [0.05, 0.1) is 0 Å². The number of piperidine rings is 1. The molecule has 4 N–H and O–H groups in total. The molecule has 0 aromatic carbocycles. The van der Waals surface area contributed by atoms with Crippen LogP contribution in [0.1, 0.15) is 58.3 Å². The zero-order valence-corrected chi connectivity index (χ0v) is 16.0. The largest absolute Gasteiger partial charge is 0.465 e. The van der Waals surface area contributed by atoms with Crippen molar-refractivity contribution in [3.05, 3.63) is 0 Å². The fraction of sp³-hybridized carbons (Fsp3) is 0.895. The van der Waals surface area contributed by atoms with Crippen molar-refractivity contribution in [2.45, 2.75) is 70.4 Å². The third-order valence-corrected chi connectivity index (χ3v) is 5.93. The van der Waals surface area contributed by atoms with Crippen LogP contribution in [0.5, 0.6) is 0 Å². The Morgan fingerprint density at radius 1 is 1.04 bits per heavy atom. The number of aliphatic hydroxyl groups excluding tert-OH is 1. The summed E-state index contributed by atoms with van der Waals surface area (Å²) in [6.07, 6.45) is 6.52. The number of hydrogen-bond acceptors (Lipinski definition) is 4. The first-order chi connectivity index (χ1) is 12.5. The van der Waals surface area contributed by atoms with Crippen molar-refractivity contribution >= 4 is 12.0 Å². The number of carbonyl (C=O) groups is 2. The topological polar surface area (TPSA) is 102 Å². The van der Waals surface area contributed by atoms with Gasteiger partial charge >= 0.3 is 6.09 Å². The number of nitrogens with one attached hydrogen (secondary N) is 2. The van der Waals surface area contributed by atoms with E-state index in [-0.39, 0.29) is 11.9 Å². The van der Waals surface area contributed by atoms with Gasteiger partial charge in [-0.3, -0.25) is 4.79 Å². The van der Waals surface area contributed by atoms with Crippen LogP contribution < -0.4 is 10.6 Å². The minimum absolute atomic E-state index is 0.265. The molecule has 0 radical (unpaired) electrons. The zero-order valence-electron chi connectivity index (χ0n) is 16.0. The Morgan fingerprint density at radius 3 is 2.23 bits per heavy atom. The first-order valence-electron chi connectivity index (χ1n) is 10.2. The summed E-state index contributed by atoms with van der Waals surface area (Å²) in [5.41, 5.74) is 0. The van der Waals surface area contributed by atoms with Gasteiger partial charge in [0.2, 0.25) is 5.91 Å². The molecule has 2 atom stereocenters. The summed E-state index contributed by atoms with van der Waals surface area (Å²) in [5, 5.41) is 25.6. The van der Waals surface area contributed by atoms with E-state index < -0.39 is 12.2 Å². The molecular weight excluding hydrogens is 334 g/mol. The van der Waals surface area contributed by atoms with Crippen LogP contribution in [0.2, 0.25) is 0 Å². The predicted octanol–water partition coefficient (Wildman–Crippen LogP) is 1.80. The molecule has 7 heteroatoms. The number of aliphatic hydroxyl groups is 1. The highest BCUT2D eigenvalue weighted by Gasteiger charge is 2.27. The molecule has 2 rings (SSSR count). The van der Waals surface area contributed by atoms with E-state index in [9.17, 15) is 14.7 Å². The van der Waals surface area contributed by atoms with Gasteiger partial charge in [-0.15, -0.1) is 0 Å². The molecule has 1 aliphatic carbocycles. The second-order valence-corrected chi connectivity index (χ2v) is 7.83. The summed E-state index contributed by atoms with van der Waals surface area (Å²) in [4.78, 5) is 24.7. The average Bonchev–Trinajstić information content (AvgIpc) is 2.67. The average molecular weight is 370 g/mol. The third-order valence-electron chi connectivity index (χ3n) is 5.93. The quantitative estimate of drug-likeness (QED) is 0.523. The van der Waals surface area contributed by atoms with Crippen molar-refractivity contribution in [2.75, 3.05) is 26.2 Å². The highest BCUT2D eigenvalue weighted by atomic mass is 16.4. The maximum Gasteiger partial charge on any atom is 0.407 e. The normalized spacial score (nSPS) is 22.0. The summed E-state index contributed by atoms with van der Waals surface area (Å²) in [6, 6.07) is -0.265. The maximum absolute atomic E-state index is 12.3. The van der Waals surface area contributed by atoms with Gasteiger partial charge in [-0.2, -0.15) is 0 Å². The van der Waals surface area contributed by atoms with Crippen LogP contribution >= 0.6 is 0 Å². The zero-order chi connectivity index (χ0) is 18.9. The molecular formula is C19H35N3O4. The summed E-state index contributed by atoms with van der Waals surface area (Å²) in [6.45, 7) is 4.45. The van der Waals surface area contributed by atoms with Gasteiger partial charge in [-0.1, -0.05) is 26.2 Å². The second-order valence-electron chi connectivity index (χ2n) is 7.83. The lowest BCUT2D eigenvalue weighted by Gasteiger charge is -2.32. The Bertz CT molecular complexity index is 446. The number of hydrogen-bond donors (Lipinski definition) is 4. The lowest BCUT2D eigenvalue weighted by molar-refractivity contribution is -0.131. The van der Waals surface area contributed by atoms with Gasteiger partial charge in [0.1, 0.15) is 6.10 Å². The number of amides is 2. The molecule has 0 aromatic heterocycles. The van der Waals surface area contributed by atoms with Crippen LogP contribution in [0, 0.1) is 11.8 Å². The fourth-order valence-electron chi connectivity index (χ4n) is 4.05. The minimum atomic E-state index is -1.04. The van der Waals surface area contributed by atoms with Crippen LogP contribution in [0.4, 0.5) is 4.79 Å². The molecule has 2 unspecified atom stereocenters. The van der Waals surface area contributed by atoms with E-state index in [1.54, 1.807) is 0 Å². The molecule has 2 aliphatic rings. The van der Waals surface area contributed by atoms with Crippen molar-refractivity contribution in [3.8, 4) is 0 Å². The van der Waals surface area contributed by atoms with Crippen molar-refractivity contribution in [1.29, 1.82) is 0 Å². The molecule has 150 valence electrons. The molecule has 1 saturated carbocycles. The molecule has 1 saturated heterocycles. The van der Waals surface area contributed by atoms with Gasteiger partial charge in [0, 0.05) is 25.7 Å². The molecule has 0 bridgehead atoms. The molecule has 0 aromatic rings. The molecule has 2 amide bonds. The fourth-order valence-corrected chi connectivity index (χ4v) is 4.05. The van der Waals surface area contributed by atoms with E-state index in [4.69, 9.17) is 5.11 Å². The Balaban J connectivity index is 1.69. The SMILES string of the molecule is CCC(NCC1CCN(C(=O)O)CC1)C(O)C(=O)NCC1CCCCC1.